The number of hydrogen-bond acceptors (Lipinski definition) is 2. The van der Waals surface area contributed by atoms with Gasteiger partial charge in [0.05, 0.1) is 5.60 Å². The van der Waals surface area contributed by atoms with Crippen molar-refractivity contribution in [3.05, 3.63) is 33.8 Å². The second-order valence-electron chi connectivity index (χ2n) is 3.90. The van der Waals surface area contributed by atoms with Gasteiger partial charge in [-0.15, -0.1) is 0 Å². The molecule has 72 valence electrons. The van der Waals surface area contributed by atoms with E-state index in [9.17, 15) is 4.79 Å². The molecule has 1 aromatic rings. The number of fused-ring (bicyclic) bond motifs is 2. The Bertz CT molecular complexity index is 421. The van der Waals surface area contributed by atoms with Crippen molar-refractivity contribution in [2.24, 2.45) is 0 Å². The van der Waals surface area contributed by atoms with Crippen LogP contribution in [0.4, 0.5) is 0 Å². The highest BCUT2D eigenvalue weighted by atomic mass is 79.9. The highest BCUT2D eigenvalue weighted by molar-refractivity contribution is 9.10. The Morgan fingerprint density at radius 2 is 2.14 bits per heavy atom. The van der Waals surface area contributed by atoms with Crippen LogP contribution in [0.2, 0.25) is 0 Å². The molecule has 0 N–H and O–H groups in total. The number of carbonyl (C=O) groups excluding carboxylic acids is 1. The first kappa shape index (κ1) is 8.62. The summed E-state index contributed by atoms with van der Waals surface area (Å²) in [7, 11) is 0. The van der Waals surface area contributed by atoms with E-state index in [4.69, 9.17) is 4.74 Å². The summed E-state index contributed by atoms with van der Waals surface area (Å²) in [5, 5.41) is 0. The van der Waals surface area contributed by atoms with E-state index in [0.29, 0.717) is 0 Å². The van der Waals surface area contributed by atoms with Gasteiger partial charge in [0.15, 0.2) is 5.78 Å². The maximum atomic E-state index is 11.6. The second-order valence-corrected chi connectivity index (χ2v) is 4.81. The average Bonchev–Trinajstić information content (AvgIpc) is 2.93. The van der Waals surface area contributed by atoms with Crippen LogP contribution in [0, 0.1) is 0 Å². The molecule has 0 radical (unpaired) electrons. The molecule has 0 aromatic heterocycles. The molecule has 0 atom stereocenters. The van der Waals surface area contributed by atoms with Crippen molar-refractivity contribution in [1.29, 1.82) is 0 Å². The summed E-state index contributed by atoms with van der Waals surface area (Å²) < 4.78 is 6.61. The minimum absolute atomic E-state index is 0.102. The Hall–Kier alpha value is -0.670. The predicted molar refractivity (Wildman–Crippen MR) is 55.3 cm³/mol. The number of halogens is 1. The summed E-state index contributed by atoms with van der Waals surface area (Å²) in [6.07, 6.45) is 2.09. The van der Waals surface area contributed by atoms with Gasteiger partial charge in [-0.05, 0) is 36.6 Å². The molecule has 3 rings (SSSR count). The molecule has 0 unspecified atom stereocenters. The van der Waals surface area contributed by atoms with Gasteiger partial charge in [0.25, 0.3) is 0 Å². The van der Waals surface area contributed by atoms with Crippen LogP contribution < -0.4 is 0 Å². The normalized spacial score (nSPS) is 22.2. The third-order valence-electron chi connectivity index (χ3n) is 2.96. The highest BCUT2D eigenvalue weighted by Gasteiger charge is 2.50. The first-order chi connectivity index (χ1) is 6.71. The summed E-state index contributed by atoms with van der Waals surface area (Å²) in [6.45, 7) is 0.245. The number of benzene rings is 1. The Morgan fingerprint density at radius 1 is 1.36 bits per heavy atom. The van der Waals surface area contributed by atoms with E-state index < -0.39 is 0 Å². The van der Waals surface area contributed by atoms with Gasteiger partial charge < -0.3 is 4.74 Å². The lowest BCUT2D eigenvalue weighted by Crippen LogP contribution is -2.27. The van der Waals surface area contributed by atoms with E-state index in [1.807, 2.05) is 18.2 Å². The van der Waals surface area contributed by atoms with Gasteiger partial charge >= 0.3 is 0 Å². The average molecular weight is 253 g/mol. The predicted octanol–water partition coefficient (Wildman–Crippen LogP) is 2.65. The second kappa shape index (κ2) is 2.67. The molecule has 2 aliphatic rings. The molecular weight excluding hydrogens is 244 g/mol. The zero-order chi connectivity index (χ0) is 9.76. The number of rotatable bonds is 0. The monoisotopic (exact) mass is 252 g/mol. The van der Waals surface area contributed by atoms with Gasteiger partial charge in [0, 0.05) is 10.0 Å². The molecule has 2 nitrogen and oxygen atoms in total. The van der Waals surface area contributed by atoms with Crippen molar-refractivity contribution < 1.29 is 9.53 Å². The molecule has 1 aromatic carbocycles. The summed E-state index contributed by atoms with van der Waals surface area (Å²) in [5.74, 6) is 0.102. The Balaban J connectivity index is 2.22. The lowest BCUT2D eigenvalue weighted by atomic mass is 9.95. The standard InChI is InChI=1S/C11H9BrO2/c12-7-1-2-8-9(5-7)11(3-4-11)14-6-10(8)13/h1-2,5H,3-4,6H2. The third-order valence-corrected chi connectivity index (χ3v) is 3.45. The summed E-state index contributed by atoms with van der Waals surface area (Å²) >= 11 is 3.42. The Kier molecular flexibility index (Phi) is 1.65. The quantitative estimate of drug-likeness (QED) is 0.710. The number of Topliss-reactive ketones (excluding diaryl/α,β-unsaturated/α-hetero) is 1. The molecule has 1 heterocycles. The van der Waals surface area contributed by atoms with Crippen LogP contribution in [0.25, 0.3) is 0 Å². The van der Waals surface area contributed by atoms with Crippen LogP contribution in [0.3, 0.4) is 0 Å². The van der Waals surface area contributed by atoms with Crippen LogP contribution in [0.1, 0.15) is 28.8 Å². The molecular formula is C11H9BrO2. The highest BCUT2D eigenvalue weighted by Crippen LogP contribution is 2.52. The first-order valence-corrected chi connectivity index (χ1v) is 5.48. The first-order valence-electron chi connectivity index (χ1n) is 4.68. The maximum absolute atomic E-state index is 11.6. The van der Waals surface area contributed by atoms with E-state index in [-0.39, 0.29) is 18.0 Å². The van der Waals surface area contributed by atoms with Crippen LogP contribution in [0.5, 0.6) is 0 Å². The van der Waals surface area contributed by atoms with Gasteiger partial charge in [-0.1, -0.05) is 15.9 Å². The SMILES string of the molecule is O=C1COC2(CC2)c2cc(Br)ccc21. The zero-order valence-corrected chi connectivity index (χ0v) is 9.13. The lowest BCUT2D eigenvalue weighted by molar-refractivity contribution is 0.0204. The topological polar surface area (TPSA) is 26.3 Å². The largest absolute Gasteiger partial charge is 0.362 e. The van der Waals surface area contributed by atoms with Crippen LogP contribution in [-0.2, 0) is 10.3 Å². The van der Waals surface area contributed by atoms with Gasteiger partial charge in [-0.3, -0.25) is 4.79 Å². The van der Waals surface area contributed by atoms with E-state index in [0.717, 1.165) is 28.4 Å². The fraction of sp³-hybridized carbons (Fsp3) is 0.364. The van der Waals surface area contributed by atoms with Gasteiger partial charge in [0.1, 0.15) is 6.61 Å². The number of hydrogen-bond donors (Lipinski definition) is 0. The number of carbonyl (C=O) groups is 1. The summed E-state index contributed by atoms with van der Waals surface area (Å²) in [5.41, 5.74) is 1.80. The van der Waals surface area contributed by atoms with Crippen LogP contribution in [0.15, 0.2) is 22.7 Å². The minimum Gasteiger partial charge on any atom is -0.362 e. The lowest BCUT2D eigenvalue weighted by Gasteiger charge is -2.24. The van der Waals surface area contributed by atoms with E-state index in [2.05, 4.69) is 15.9 Å². The fourth-order valence-corrected chi connectivity index (χ4v) is 2.38. The van der Waals surface area contributed by atoms with Crippen LogP contribution in [-0.4, -0.2) is 12.4 Å². The molecule has 1 fully saturated rings. The molecule has 1 aliphatic carbocycles. The maximum Gasteiger partial charge on any atom is 0.188 e. The number of ketones is 1. The number of ether oxygens (including phenoxy) is 1. The molecule has 0 saturated heterocycles. The molecule has 1 saturated carbocycles. The Labute approximate surface area is 90.4 Å². The van der Waals surface area contributed by atoms with Gasteiger partial charge in [-0.25, -0.2) is 0 Å². The Morgan fingerprint density at radius 3 is 2.86 bits per heavy atom. The van der Waals surface area contributed by atoms with Gasteiger partial charge in [0.2, 0.25) is 0 Å². The van der Waals surface area contributed by atoms with Crippen molar-refractivity contribution >= 4 is 21.7 Å². The van der Waals surface area contributed by atoms with Gasteiger partial charge in [-0.2, -0.15) is 0 Å². The summed E-state index contributed by atoms with van der Waals surface area (Å²) in [4.78, 5) is 11.6. The molecule has 0 amide bonds. The minimum atomic E-state index is -0.118. The molecule has 1 spiro atoms. The van der Waals surface area contributed by atoms with Crippen molar-refractivity contribution in [3.63, 3.8) is 0 Å². The van der Waals surface area contributed by atoms with E-state index >= 15 is 0 Å². The van der Waals surface area contributed by atoms with Crippen LogP contribution >= 0.6 is 15.9 Å². The van der Waals surface area contributed by atoms with Crippen molar-refractivity contribution in [2.75, 3.05) is 6.61 Å². The smallest absolute Gasteiger partial charge is 0.188 e. The van der Waals surface area contributed by atoms with E-state index in [1.165, 1.54) is 0 Å². The van der Waals surface area contributed by atoms with E-state index in [1.54, 1.807) is 0 Å². The molecule has 3 heteroatoms. The summed E-state index contributed by atoms with van der Waals surface area (Å²) in [6, 6.07) is 5.82. The molecule has 14 heavy (non-hydrogen) atoms. The third kappa shape index (κ3) is 1.09. The fourth-order valence-electron chi connectivity index (χ4n) is 2.02. The zero-order valence-electron chi connectivity index (χ0n) is 7.55. The van der Waals surface area contributed by atoms with Crippen molar-refractivity contribution in [2.45, 2.75) is 18.4 Å². The molecule has 0 bridgehead atoms. The van der Waals surface area contributed by atoms with Crippen molar-refractivity contribution in [3.8, 4) is 0 Å². The van der Waals surface area contributed by atoms with Crippen molar-refractivity contribution in [1.82, 2.24) is 0 Å². The molecule has 1 aliphatic heterocycles.